The van der Waals surface area contributed by atoms with Crippen molar-refractivity contribution in [2.75, 3.05) is 0 Å². The van der Waals surface area contributed by atoms with E-state index in [1.807, 2.05) is 0 Å². The van der Waals surface area contributed by atoms with Gasteiger partial charge in [0.05, 0.1) is 26.9 Å². The van der Waals surface area contributed by atoms with Crippen LogP contribution in [0.3, 0.4) is 0 Å². The van der Waals surface area contributed by atoms with Crippen LogP contribution in [0.4, 0.5) is 74.6 Å². The third-order valence-electron chi connectivity index (χ3n) is 7.23. The lowest BCUT2D eigenvalue weighted by molar-refractivity contribution is 0.273. The number of benzene rings is 6. The molecule has 0 spiro atoms. The van der Waals surface area contributed by atoms with E-state index >= 15 is 13.2 Å². The highest BCUT2D eigenvalue weighted by molar-refractivity contribution is 6.40. The number of rotatable bonds is 6. The van der Waals surface area contributed by atoms with Gasteiger partial charge in [0.2, 0.25) is 34.9 Å². The Bertz CT molecular complexity index is 2480. The van der Waals surface area contributed by atoms with Crippen molar-refractivity contribution in [3.63, 3.8) is 0 Å². The molecule has 0 saturated heterocycles. The largest absolute Gasteiger partial charge is 0.864 e. The summed E-state index contributed by atoms with van der Waals surface area (Å²) in [5.41, 5.74) is 0. The zero-order valence-electron chi connectivity index (χ0n) is 23.5. The van der Waals surface area contributed by atoms with E-state index in [0.29, 0.717) is 24.3 Å². The molecule has 0 unspecified atom stereocenters. The molecule has 0 atom stereocenters. The molecule has 0 fully saturated rings. The van der Waals surface area contributed by atoms with Crippen LogP contribution in [0.25, 0.3) is 32.3 Å². The molecule has 0 aliphatic rings. The quantitative estimate of drug-likeness (QED) is 0.0559. The maximum absolute atomic E-state index is 15.8. The molecule has 0 aliphatic carbocycles. The Morgan fingerprint density at radius 2 is 0.686 bits per heavy atom. The lowest BCUT2D eigenvalue weighted by atomic mass is 9.98. The summed E-state index contributed by atoms with van der Waals surface area (Å²) in [6, 6.07) is 1.68. The van der Waals surface area contributed by atoms with Crippen LogP contribution in [-0.2, 0) is 0 Å². The highest BCUT2D eigenvalue weighted by Crippen LogP contribution is 2.44. The monoisotopic (exact) mass is 746 g/mol. The topological polar surface area (TPSA) is 27.7 Å². The van der Waals surface area contributed by atoms with E-state index in [1.165, 1.54) is 0 Å². The Morgan fingerprint density at radius 3 is 1.24 bits per heavy atom. The Kier molecular flexibility index (Phi) is 8.49. The number of hydrogen-bond donors (Lipinski definition) is 0. The third-order valence-corrected chi connectivity index (χ3v) is 7.23. The summed E-state index contributed by atoms with van der Waals surface area (Å²) in [5, 5.41) is -10.9. The first-order valence-electron chi connectivity index (χ1n) is 13.1. The normalized spacial score (nSPS) is 11.6. The SMILES string of the molecule is Fc1ccc2c(OB(Oc3c(F)c(F)c(F)c(F)c3F)Oc3c(F)c(F)c(F)c4c(F)c5c(F)c(F)c(F)c(F)c5c(F)c34)ccc(F)c2c1F. The number of halogens is 17. The molecule has 51 heavy (non-hydrogen) atoms. The lowest BCUT2D eigenvalue weighted by Gasteiger charge is -2.21. The van der Waals surface area contributed by atoms with Gasteiger partial charge in [0.15, 0.2) is 58.0 Å². The zero-order valence-corrected chi connectivity index (χ0v) is 23.5. The van der Waals surface area contributed by atoms with E-state index < -0.39 is 156 Å². The first-order chi connectivity index (χ1) is 23.9. The van der Waals surface area contributed by atoms with Gasteiger partial charge in [-0.2, -0.15) is 13.2 Å². The molecular formula is C30H4BF17O3. The molecular weight excluding hydrogens is 742 g/mol. The standard InChI is InChI=1S/C30H4BF17O3/c32-6-3-4-8(5-1-2-7(33)14(34)9(5)6)49-31(51-30-27(47)24(44)23(43)25(45)28(30)48)50-29-13-12(19(39)22(42)26(29)46)15(35)10-11(16(13)36)18(38)21(41)20(40)17(10)37/h1-4H. The molecule has 6 aromatic rings. The first kappa shape index (κ1) is 35.2. The smallest absolute Gasteiger partial charge is 0.489 e. The summed E-state index contributed by atoms with van der Waals surface area (Å²) in [5.74, 6) is -49.4. The highest BCUT2D eigenvalue weighted by Gasteiger charge is 2.41. The second-order valence-electron chi connectivity index (χ2n) is 10.0. The van der Waals surface area contributed by atoms with Crippen molar-refractivity contribution in [1.82, 2.24) is 0 Å². The third kappa shape index (κ3) is 5.15. The van der Waals surface area contributed by atoms with Gasteiger partial charge in [-0.3, -0.25) is 0 Å². The predicted octanol–water partition coefficient (Wildman–Crippen LogP) is 10.0. The minimum atomic E-state index is -3.45. The lowest BCUT2D eigenvalue weighted by Crippen LogP contribution is -2.38. The molecule has 21 heteroatoms. The summed E-state index contributed by atoms with van der Waals surface area (Å²) >= 11 is 0. The predicted molar refractivity (Wildman–Crippen MR) is 139 cm³/mol. The van der Waals surface area contributed by atoms with E-state index in [-0.39, 0.29) is 0 Å². The minimum absolute atomic E-state index is 0.315. The maximum Gasteiger partial charge on any atom is 0.864 e. The van der Waals surface area contributed by atoms with Crippen LogP contribution in [0.1, 0.15) is 0 Å². The first-order valence-corrected chi connectivity index (χ1v) is 13.1. The number of hydrogen-bond acceptors (Lipinski definition) is 3. The van der Waals surface area contributed by atoms with E-state index in [0.717, 1.165) is 0 Å². The van der Waals surface area contributed by atoms with Gasteiger partial charge in [-0.15, -0.1) is 0 Å². The second-order valence-corrected chi connectivity index (χ2v) is 10.0. The molecule has 264 valence electrons. The van der Waals surface area contributed by atoms with Gasteiger partial charge in [-0.25, -0.2) is 61.5 Å². The zero-order chi connectivity index (χ0) is 37.5. The van der Waals surface area contributed by atoms with Crippen molar-refractivity contribution in [3.8, 4) is 17.2 Å². The average molecular weight is 746 g/mol. The van der Waals surface area contributed by atoms with E-state index in [2.05, 4.69) is 4.65 Å². The molecule has 6 aromatic carbocycles. The molecule has 0 radical (unpaired) electrons. The second kappa shape index (κ2) is 12.3. The van der Waals surface area contributed by atoms with Crippen molar-refractivity contribution in [2.24, 2.45) is 0 Å². The summed E-state index contributed by atoms with van der Waals surface area (Å²) < 4.78 is 261. The fourth-order valence-corrected chi connectivity index (χ4v) is 4.93. The van der Waals surface area contributed by atoms with Crippen molar-refractivity contribution in [3.05, 3.63) is 123 Å². The van der Waals surface area contributed by atoms with Crippen molar-refractivity contribution in [1.29, 1.82) is 0 Å². The molecule has 0 N–H and O–H groups in total. The van der Waals surface area contributed by atoms with Crippen molar-refractivity contribution >= 4 is 39.6 Å². The summed E-state index contributed by atoms with van der Waals surface area (Å²) in [6.45, 7) is 0. The van der Waals surface area contributed by atoms with E-state index in [1.54, 1.807) is 0 Å². The Morgan fingerprint density at radius 1 is 0.294 bits per heavy atom. The van der Waals surface area contributed by atoms with E-state index in [4.69, 9.17) is 9.31 Å². The van der Waals surface area contributed by atoms with Gasteiger partial charge >= 0.3 is 7.32 Å². The molecule has 0 saturated carbocycles. The average Bonchev–Trinajstić information content (AvgIpc) is 3.10. The summed E-state index contributed by atoms with van der Waals surface area (Å²) in [4.78, 5) is 0. The summed E-state index contributed by atoms with van der Waals surface area (Å²) in [6.07, 6.45) is 0. The van der Waals surface area contributed by atoms with Crippen molar-refractivity contribution in [2.45, 2.75) is 0 Å². The molecule has 0 heterocycles. The van der Waals surface area contributed by atoms with Gasteiger partial charge in [0.1, 0.15) is 23.2 Å². The summed E-state index contributed by atoms with van der Waals surface area (Å²) in [7, 11) is -3.45. The van der Waals surface area contributed by atoms with Crippen LogP contribution >= 0.6 is 0 Å². The molecule has 0 amide bonds. The molecule has 3 nitrogen and oxygen atoms in total. The Hall–Kier alpha value is -5.63. The van der Waals surface area contributed by atoms with E-state index in [9.17, 15) is 61.5 Å². The Balaban J connectivity index is 1.66. The Labute approximate surface area is 269 Å². The van der Waals surface area contributed by atoms with Crippen LogP contribution in [-0.4, -0.2) is 7.32 Å². The molecule has 0 aliphatic heterocycles. The van der Waals surface area contributed by atoms with Crippen LogP contribution in [0.2, 0.25) is 0 Å². The van der Waals surface area contributed by atoms with Gasteiger partial charge in [-0.05, 0) is 24.3 Å². The van der Waals surface area contributed by atoms with Crippen molar-refractivity contribution < 1.29 is 88.6 Å². The minimum Gasteiger partial charge on any atom is -0.489 e. The fraction of sp³-hybridized carbons (Fsp3) is 0. The highest BCUT2D eigenvalue weighted by atomic mass is 19.2. The van der Waals surface area contributed by atoms with Crippen LogP contribution in [0.5, 0.6) is 17.2 Å². The molecule has 0 aromatic heterocycles. The van der Waals surface area contributed by atoms with Gasteiger partial charge < -0.3 is 14.0 Å². The maximum atomic E-state index is 15.8. The van der Waals surface area contributed by atoms with Gasteiger partial charge in [0, 0.05) is 5.39 Å². The van der Waals surface area contributed by atoms with Crippen LogP contribution < -0.4 is 14.0 Å². The van der Waals surface area contributed by atoms with Gasteiger partial charge in [-0.1, -0.05) is 0 Å². The molecule has 6 rings (SSSR count). The fourth-order valence-electron chi connectivity index (χ4n) is 4.93. The molecule has 0 bridgehead atoms. The van der Waals surface area contributed by atoms with Crippen LogP contribution in [0, 0.1) is 98.9 Å². The van der Waals surface area contributed by atoms with Gasteiger partial charge in [0.25, 0.3) is 0 Å². The van der Waals surface area contributed by atoms with Crippen LogP contribution in [0.15, 0.2) is 24.3 Å². The number of fused-ring (bicyclic) bond motifs is 3.